The van der Waals surface area contributed by atoms with Crippen molar-refractivity contribution < 1.29 is 14.6 Å². The number of hydrogen-bond acceptors (Lipinski definition) is 6. The zero-order valence-electron chi connectivity index (χ0n) is 14.6. The fraction of sp³-hybridized carbons (Fsp3) is 0.316. The number of amides is 1. The molecule has 27 heavy (non-hydrogen) atoms. The van der Waals surface area contributed by atoms with Crippen LogP contribution in [0, 0.1) is 0 Å². The minimum Gasteiger partial charge on any atom is -0.504 e. The van der Waals surface area contributed by atoms with Gasteiger partial charge >= 0.3 is 0 Å². The van der Waals surface area contributed by atoms with E-state index in [1.165, 1.54) is 28.9 Å². The Labute approximate surface area is 159 Å². The summed E-state index contributed by atoms with van der Waals surface area (Å²) in [5.74, 6) is -0.491. The van der Waals surface area contributed by atoms with Gasteiger partial charge in [-0.25, -0.2) is 4.98 Å². The van der Waals surface area contributed by atoms with Crippen LogP contribution in [-0.4, -0.2) is 44.6 Å². The lowest BCUT2D eigenvalue weighted by Crippen LogP contribution is -2.39. The number of hydrogen-bond donors (Lipinski definition) is 1. The maximum Gasteiger partial charge on any atom is 0.270 e. The fourth-order valence-corrected chi connectivity index (χ4v) is 3.92. The van der Waals surface area contributed by atoms with Crippen LogP contribution in [0.25, 0.3) is 5.65 Å². The first kappa shape index (κ1) is 17.7. The molecule has 0 radical (unpaired) electrons. The Balaban J connectivity index is 1.68. The van der Waals surface area contributed by atoms with Crippen molar-refractivity contribution in [1.29, 1.82) is 0 Å². The van der Waals surface area contributed by atoms with Gasteiger partial charge in [0, 0.05) is 32.1 Å². The molecule has 1 fully saturated rings. The highest BCUT2D eigenvalue weighted by atomic mass is 32.1. The Bertz CT molecular complexity index is 1010. The maximum atomic E-state index is 13.2. The number of carbonyl (C=O) groups is 1. The Kier molecular flexibility index (Phi) is 4.91. The average Bonchev–Trinajstić information content (AvgIpc) is 3.36. The molecule has 7 nitrogen and oxygen atoms in total. The number of pyridine rings is 1. The topological polar surface area (TPSA) is 84.1 Å². The van der Waals surface area contributed by atoms with Gasteiger partial charge < -0.3 is 14.7 Å². The van der Waals surface area contributed by atoms with E-state index in [0.717, 1.165) is 18.4 Å². The lowest BCUT2D eigenvalue weighted by Gasteiger charge is -2.25. The third-order valence-corrected chi connectivity index (χ3v) is 5.36. The van der Waals surface area contributed by atoms with Gasteiger partial charge in [0.1, 0.15) is 5.56 Å². The SMILES string of the molecule is O=C(c1cnc2c(O)cccn2c1=O)N(Cc1ccsc1)CC1CCCO1. The zero-order valence-corrected chi connectivity index (χ0v) is 15.4. The molecule has 4 rings (SSSR count). The van der Waals surface area contributed by atoms with Gasteiger partial charge in [0.2, 0.25) is 0 Å². The molecule has 0 bridgehead atoms. The van der Waals surface area contributed by atoms with Crippen molar-refractivity contribution in [2.45, 2.75) is 25.5 Å². The summed E-state index contributed by atoms with van der Waals surface area (Å²) in [5, 5.41) is 13.8. The summed E-state index contributed by atoms with van der Waals surface area (Å²) in [5.41, 5.74) is 0.621. The molecule has 4 heterocycles. The summed E-state index contributed by atoms with van der Waals surface area (Å²) in [4.78, 5) is 31.7. The van der Waals surface area contributed by atoms with Gasteiger partial charge in [-0.1, -0.05) is 0 Å². The second-order valence-corrected chi connectivity index (χ2v) is 7.30. The molecule has 0 aromatic carbocycles. The molecule has 1 saturated heterocycles. The lowest BCUT2D eigenvalue weighted by atomic mass is 10.2. The largest absolute Gasteiger partial charge is 0.504 e. The predicted molar refractivity (Wildman–Crippen MR) is 101 cm³/mol. The summed E-state index contributed by atoms with van der Waals surface area (Å²) in [6.07, 6.45) is 4.59. The summed E-state index contributed by atoms with van der Waals surface area (Å²) >= 11 is 1.56. The summed E-state index contributed by atoms with van der Waals surface area (Å²) < 4.78 is 6.87. The van der Waals surface area contributed by atoms with Crippen molar-refractivity contribution in [3.63, 3.8) is 0 Å². The first-order chi connectivity index (χ1) is 13.1. The van der Waals surface area contributed by atoms with Crippen molar-refractivity contribution in [1.82, 2.24) is 14.3 Å². The molecule has 3 aromatic heterocycles. The van der Waals surface area contributed by atoms with E-state index in [0.29, 0.717) is 19.7 Å². The third-order valence-electron chi connectivity index (χ3n) is 4.63. The minimum atomic E-state index is -0.497. The summed E-state index contributed by atoms with van der Waals surface area (Å²) in [6.45, 7) is 1.53. The molecule has 0 aliphatic carbocycles. The van der Waals surface area contributed by atoms with Crippen LogP contribution in [0.1, 0.15) is 28.8 Å². The Morgan fingerprint density at radius 1 is 1.44 bits per heavy atom. The van der Waals surface area contributed by atoms with E-state index in [9.17, 15) is 14.7 Å². The highest BCUT2D eigenvalue weighted by Crippen LogP contribution is 2.18. The maximum absolute atomic E-state index is 13.2. The van der Waals surface area contributed by atoms with Crippen molar-refractivity contribution in [3.8, 4) is 5.75 Å². The molecule has 1 atom stereocenters. The lowest BCUT2D eigenvalue weighted by molar-refractivity contribution is 0.0505. The quantitative estimate of drug-likeness (QED) is 0.728. The highest BCUT2D eigenvalue weighted by Gasteiger charge is 2.26. The molecule has 140 valence electrons. The van der Waals surface area contributed by atoms with E-state index in [4.69, 9.17) is 4.74 Å². The number of aromatic hydroxyl groups is 1. The monoisotopic (exact) mass is 385 g/mol. The van der Waals surface area contributed by atoms with Gasteiger partial charge in [-0.15, -0.1) is 0 Å². The second kappa shape index (κ2) is 7.50. The van der Waals surface area contributed by atoms with Crippen LogP contribution in [0.3, 0.4) is 0 Å². The zero-order chi connectivity index (χ0) is 18.8. The van der Waals surface area contributed by atoms with Gasteiger partial charge in [-0.05, 0) is 47.4 Å². The molecule has 0 saturated carbocycles. The molecule has 1 N–H and O–H groups in total. The molecular formula is C19H19N3O4S. The van der Waals surface area contributed by atoms with E-state index in [2.05, 4.69) is 4.98 Å². The van der Waals surface area contributed by atoms with E-state index < -0.39 is 5.56 Å². The Morgan fingerprint density at radius 3 is 3.07 bits per heavy atom. The van der Waals surface area contributed by atoms with Crippen molar-refractivity contribution in [2.24, 2.45) is 0 Å². The van der Waals surface area contributed by atoms with Gasteiger partial charge in [0.15, 0.2) is 11.4 Å². The van der Waals surface area contributed by atoms with Crippen LogP contribution in [0.5, 0.6) is 5.75 Å². The Morgan fingerprint density at radius 2 is 2.33 bits per heavy atom. The molecule has 8 heteroatoms. The van der Waals surface area contributed by atoms with Gasteiger partial charge in [0.05, 0.1) is 6.10 Å². The summed E-state index contributed by atoms with van der Waals surface area (Å²) in [7, 11) is 0. The van der Waals surface area contributed by atoms with E-state index >= 15 is 0 Å². The van der Waals surface area contributed by atoms with Crippen molar-refractivity contribution in [2.75, 3.05) is 13.2 Å². The molecule has 1 aliphatic heterocycles. The normalized spacial score (nSPS) is 16.7. The van der Waals surface area contributed by atoms with Crippen molar-refractivity contribution >= 4 is 22.9 Å². The fourth-order valence-electron chi connectivity index (χ4n) is 3.27. The standard InChI is InChI=1S/C19H19N3O4S/c23-16-4-1-6-22-17(16)20-9-15(19(22)25)18(24)21(10-13-5-8-27-12-13)11-14-3-2-7-26-14/h1,4-6,8-9,12,14,23H,2-3,7,10-11H2. The molecule has 0 spiro atoms. The molecule has 1 unspecified atom stereocenters. The molecule has 1 aliphatic rings. The molecule has 1 amide bonds. The van der Waals surface area contributed by atoms with Crippen molar-refractivity contribution in [3.05, 3.63) is 62.8 Å². The minimum absolute atomic E-state index is 0.0206. The average molecular weight is 385 g/mol. The van der Waals surface area contributed by atoms with Gasteiger partial charge in [-0.2, -0.15) is 11.3 Å². The van der Waals surface area contributed by atoms with E-state index in [1.54, 1.807) is 16.2 Å². The van der Waals surface area contributed by atoms with Crippen LogP contribution in [0.2, 0.25) is 0 Å². The summed E-state index contributed by atoms with van der Waals surface area (Å²) in [6, 6.07) is 4.95. The highest BCUT2D eigenvalue weighted by molar-refractivity contribution is 7.07. The number of fused-ring (bicyclic) bond motifs is 1. The first-order valence-electron chi connectivity index (χ1n) is 8.75. The molecular weight excluding hydrogens is 366 g/mol. The Hall–Kier alpha value is -2.71. The second-order valence-electron chi connectivity index (χ2n) is 6.52. The number of carbonyl (C=O) groups excluding carboxylic acids is 1. The predicted octanol–water partition coefficient (Wildman–Crippen LogP) is 2.28. The number of thiophene rings is 1. The third kappa shape index (κ3) is 3.58. The first-order valence-corrected chi connectivity index (χ1v) is 9.69. The van der Waals surface area contributed by atoms with E-state index in [-0.39, 0.29) is 29.0 Å². The van der Waals surface area contributed by atoms with Crippen LogP contribution >= 0.6 is 11.3 Å². The number of nitrogens with zero attached hydrogens (tertiary/aromatic N) is 3. The van der Waals surface area contributed by atoms with Crippen LogP contribution in [-0.2, 0) is 11.3 Å². The number of ether oxygens (including phenoxy) is 1. The van der Waals surface area contributed by atoms with E-state index in [1.807, 2.05) is 16.8 Å². The van der Waals surface area contributed by atoms with Gasteiger partial charge in [-0.3, -0.25) is 14.0 Å². The smallest absolute Gasteiger partial charge is 0.270 e. The number of aromatic nitrogens is 2. The van der Waals surface area contributed by atoms with Crippen LogP contribution < -0.4 is 5.56 Å². The van der Waals surface area contributed by atoms with Gasteiger partial charge in [0.25, 0.3) is 11.5 Å². The molecule has 3 aromatic rings. The van der Waals surface area contributed by atoms with Crippen LogP contribution in [0.4, 0.5) is 0 Å². The van der Waals surface area contributed by atoms with Crippen LogP contribution in [0.15, 0.2) is 46.1 Å². The number of rotatable bonds is 5.